The summed E-state index contributed by atoms with van der Waals surface area (Å²) in [5, 5.41) is 6.22. The minimum atomic E-state index is -0.269. The number of benzene rings is 1. The number of rotatable bonds is 9. The zero-order valence-electron chi connectivity index (χ0n) is 15.1. The summed E-state index contributed by atoms with van der Waals surface area (Å²) < 4.78 is 11.2. The van der Waals surface area contributed by atoms with Crippen LogP contribution < -0.4 is 20.1 Å². The van der Waals surface area contributed by atoms with E-state index in [-0.39, 0.29) is 24.0 Å². The molecule has 130 valence electrons. The molecule has 0 saturated carbocycles. The Bertz CT molecular complexity index is 503. The van der Waals surface area contributed by atoms with E-state index in [9.17, 15) is 4.79 Å². The van der Waals surface area contributed by atoms with Crippen molar-refractivity contribution < 1.29 is 14.3 Å². The predicted molar refractivity (Wildman–Crippen MR) is 93.1 cm³/mol. The van der Waals surface area contributed by atoms with E-state index in [2.05, 4.69) is 10.6 Å². The van der Waals surface area contributed by atoms with Crippen molar-refractivity contribution >= 4 is 5.91 Å². The fourth-order valence-corrected chi connectivity index (χ4v) is 2.29. The van der Waals surface area contributed by atoms with Gasteiger partial charge in [-0.1, -0.05) is 6.07 Å². The molecule has 5 heteroatoms. The molecule has 0 bridgehead atoms. The maximum atomic E-state index is 12.0. The molecule has 2 N–H and O–H groups in total. The molecule has 1 aromatic rings. The molecule has 0 aliphatic heterocycles. The van der Waals surface area contributed by atoms with E-state index in [1.165, 1.54) is 0 Å². The van der Waals surface area contributed by atoms with E-state index in [1.807, 2.05) is 59.7 Å². The van der Waals surface area contributed by atoms with Crippen molar-refractivity contribution in [3.8, 4) is 11.5 Å². The van der Waals surface area contributed by atoms with Gasteiger partial charge in [-0.25, -0.2) is 0 Å². The van der Waals surface area contributed by atoms with Crippen LogP contribution in [0.15, 0.2) is 18.2 Å². The highest BCUT2D eigenvalue weighted by molar-refractivity contribution is 5.81. The Morgan fingerprint density at radius 2 is 1.65 bits per heavy atom. The second-order valence-corrected chi connectivity index (χ2v) is 5.85. The molecule has 0 saturated heterocycles. The second kappa shape index (κ2) is 9.40. The molecule has 0 aliphatic rings. The van der Waals surface area contributed by atoms with Crippen molar-refractivity contribution in [3.63, 3.8) is 0 Å². The molecule has 0 aromatic heterocycles. The predicted octanol–water partition coefficient (Wildman–Crippen LogP) is 3.05. The van der Waals surface area contributed by atoms with Crippen LogP contribution in [-0.2, 0) is 4.79 Å². The largest absolute Gasteiger partial charge is 0.490 e. The molecule has 2 atom stereocenters. The second-order valence-electron chi connectivity index (χ2n) is 5.85. The normalized spacial score (nSPS) is 13.5. The molecule has 0 fully saturated rings. The van der Waals surface area contributed by atoms with Gasteiger partial charge < -0.3 is 14.8 Å². The molecule has 1 rings (SSSR count). The van der Waals surface area contributed by atoms with Gasteiger partial charge in [0.2, 0.25) is 5.91 Å². The van der Waals surface area contributed by atoms with Crippen molar-refractivity contribution in [3.05, 3.63) is 23.8 Å². The van der Waals surface area contributed by atoms with Crippen molar-refractivity contribution in [2.45, 2.75) is 59.7 Å². The highest BCUT2D eigenvalue weighted by Gasteiger charge is 2.18. The van der Waals surface area contributed by atoms with Gasteiger partial charge in [0.15, 0.2) is 11.5 Å². The number of carbonyl (C=O) groups is 1. The van der Waals surface area contributed by atoms with Crippen LogP contribution in [0.2, 0.25) is 0 Å². The lowest BCUT2D eigenvalue weighted by Crippen LogP contribution is -2.45. The minimum absolute atomic E-state index is 0.00261. The molecule has 1 aromatic carbocycles. The third-order valence-corrected chi connectivity index (χ3v) is 3.39. The molecule has 0 radical (unpaired) electrons. The van der Waals surface area contributed by atoms with Crippen LogP contribution in [0.3, 0.4) is 0 Å². The van der Waals surface area contributed by atoms with Crippen LogP contribution in [0.4, 0.5) is 0 Å². The van der Waals surface area contributed by atoms with Crippen LogP contribution in [-0.4, -0.2) is 31.2 Å². The SMILES string of the molecule is CCOc1ccc([C@@H](C)N[C@@H](C)C(=O)NC(C)C)cc1OCC. The van der Waals surface area contributed by atoms with E-state index in [4.69, 9.17) is 9.47 Å². The summed E-state index contributed by atoms with van der Waals surface area (Å²) in [6.45, 7) is 12.9. The fraction of sp³-hybridized carbons (Fsp3) is 0.611. The maximum absolute atomic E-state index is 12.0. The van der Waals surface area contributed by atoms with Crippen molar-refractivity contribution in [2.75, 3.05) is 13.2 Å². The lowest BCUT2D eigenvalue weighted by molar-refractivity contribution is -0.123. The Labute approximate surface area is 139 Å². The monoisotopic (exact) mass is 322 g/mol. The van der Waals surface area contributed by atoms with Gasteiger partial charge in [0, 0.05) is 12.1 Å². The molecule has 0 aliphatic carbocycles. The number of hydrogen-bond acceptors (Lipinski definition) is 4. The number of amides is 1. The Hall–Kier alpha value is -1.75. The van der Waals surface area contributed by atoms with Crippen molar-refractivity contribution in [1.29, 1.82) is 0 Å². The smallest absolute Gasteiger partial charge is 0.237 e. The van der Waals surface area contributed by atoms with E-state index >= 15 is 0 Å². The van der Waals surface area contributed by atoms with Gasteiger partial charge in [0.05, 0.1) is 19.3 Å². The van der Waals surface area contributed by atoms with Gasteiger partial charge >= 0.3 is 0 Å². The lowest BCUT2D eigenvalue weighted by atomic mass is 10.1. The van der Waals surface area contributed by atoms with Crippen molar-refractivity contribution in [2.24, 2.45) is 0 Å². The highest BCUT2D eigenvalue weighted by Crippen LogP contribution is 2.30. The van der Waals surface area contributed by atoms with Gasteiger partial charge in [0.1, 0.15) is 0 Å². The first-order valence-corrected chi connectivity index (χ1v) is 8.34. The molecule has 1 amide bonds. The van der Waals surface area contributed by atoms with E-state index in [0.29, 0.717) is 13.2 Å². The summed E-state index contributed by atoms with van der Waals surface area (Å²) in [4.78, 5) is 12.0. The average molecular weight is 322 g/mol. The first-order valence-electron chi connectivity index (χ1n) is 8.34. The first kappa shape index (κ1) is 19.3. The maximum Gasteiger partial charge on any atom is 0.237 e. The van der Waals surface area contributed by atoms with E-state index < -0.39 is 0 Å². The summed E-state index contributed by atoms with van der Waals surface area (Å²) in [6.07, 6.45) is 0. The highest BCUT2D eigenvalue weighted by atomic mass is 16.5. The van der Waals surface area contributed by atoms with Crippen LogP contribution in [0.5, 0.6) is 11.5 Å². The number of hydrogen-bond donors (Lipinski definition) is 2. The number of nitrogens with one attached hydrogen (secondary N) is 2. The van der Waals surface area contributed by atoms with Crippen LogP contribution in [0.1, 0.15) is 53.1 Å². The molecule has 5 nitrogen and oxygen atoms in total. The molecule has 23 heavy (non-hydrogen) atoms. The van der Waals surface area contributed by atoms with Gasteiger partial charge in [-0.15, -0.1) is 0 Å². The van der Waals surface area contributed by atoms with Crippen LogP contribution >= 0.6 is 0 Å². The Balaban J connectivity index is 2.80. The molecule has 0 unspecified atom stereocenters. The third-order valence-electron chi connectivity index (χ3n) is 3.39. The minimum Gasteiger partial charge on any atom is -0.490 e. The Kier molecular flexibility index (Phi) is 7.89. The van der Waals surface area contributed by atoms with Crippen molar-refractivity contribution in [1.82, 2.24) is 10.6 Å². The lowest BCUT2D eigenvalue weighted by Gasteiger charge is -2.22. The topological polar surface area (TPSA) is 59.6 Å². The van der Waals surface area contributed by atoms with Crippen LogP contribution in [0.25, 0.3) is 0 Å². The zero-order valence-corrected chi connectivity index (χ0v) is 15.1. The Morgan fingerprint density at radius 1 is 1.04 bits per heavy atom. The van der Waals surface area contributed by atoms with Gasteiger partial charge in [-0.05, 0) is 59.2 Å². The summed E-state index contributed by atoms with van der Waals surface area (Å²) in [5.74, 6) is 1.48. The average Bonchev–Trinajstić information content (AvgIpc) is 2.48. The molecular formula is C18H30N2O3. The van der Waals surface area contributed by atoms with E-state index in [1.54, 1.807) is 0 Å². The Morgan fingerprint density at radius 3 is 2.22 bits per heavy atom. The summed E-state index contributed by atoms with van der Waals surface area (Å²) in [6, 6.07) is 5.78. The first-order chi connectivity index (χ1) is 10.9. The molecule has 0 heterocycles. The third kappa shape index (κ3) is 6.10. The quantitative estimate of drug-likeness (QED) is 0.733. The fourth-order valence-electron chi connectivity index (χ4n) is 2.29. The standard InChI is InChI=1S/C18H30N2O3/c1-7-22-16-10-9-15(11-17(16)23-8-2)13(5)20-14(6)18(21)19-12(3)4/h9-14,20H,7-8H2,1-6H3,(H,19,21)/t13-,14+/m1/s1. The number of carbonyl (C=O) groups excluding carboxylic acids is 1. The van der Waals surface area contributed by atoms with Gasteiger partial charge in [-0.3, -0.25) is 10.1 Å². The summed E-state index contributed by atoms with van der Waals surface area (Å²) >= 11 is 0. The molecular weight excluding hydrogens is 292 g/mol. The molecule has 0 spiro atoms. The summed E-state index contributed by atoms with van der Waals surface area (Å²) in [5.41, 5.74) is 1.06. The summed E-state index contributed by atoms with van der Waals surface area (Å²) in [7, 11) is 0. The number of ether oxygens (including phenoxy) is 2. The zero-order chi connectivity index (χ0) is 17.4. The van der Waals surface area contributed by atoms with E-state index in [0.717, 1.165) is 17.1 Å². The van der Waals surface area contributed by atoms with Crippen LogP contribution in [0, 0.1) is 0 Å². The van der Waals surface area contributed by atoms with Gasteiger partial charge in [0.25, 0.3) is 0 Å². The van der Waals surface area contributed by atoms with Gasteiger partial charge in [-0.2, -0.15) is 0 Å².